The summed E-state index contributed by atoms with van der Waals surface area (Å²) in [7, 11) is 10.6. The molecular weight excluding hydrogens is 1350 g/mol. The van der Waals surface area contributed by atoms with Gasteiger partial charge in [0.1, 0.15) is 71.1 Å². The first-order valence-corrected chi connectivity index (χ1v) is 34.4. The largest absolute Gasteiger partial charge is 0.422 e. The highest BCUT2D eigenvalue weighted by Crippen LogP contribution is 2.39. The lowest BCUT2D eigenvalue weighted by Gasteiger charge is -2.46. The Labute approximate surface area is 588 Å². The highest BCUT2D eigenvalue weighted by molar-refractivity contribution is 6.01. The van der Waals surface area contributed by atoms with Crippen LogP contribution < -0.4 is 16.0 Å². The molecule has 4 fully saturated rings. The van der Waals surface area contributed by atoms with Crippen molar-refractivity contribution < 1.29 is 92.7 Å². The number of nitrogens with zero attached hydrogens (tertiary/aromatic N) is 9. The van der Waals surface area contributed by atoms with Crippen molar-refractivity contribution in [3.63, 3.8) is 0 Å². The Kier molecular flexibility index (Phi) is 26.5. The number of carbonyl (C=O) groups excluding carboxylic acids is 12. The highest BCUT2D eigenvalue weighted by atomic mass is 19.4. The lowest BCUT2D eigenvalue weighted by molar-refractivity contribution is -0.157. The first kappa shape index (κ1) is 80.6. The van der Waals surface area contributed by atoms with Crippen molar-refractivity contribution in [1.82, 2.24) is 60.0 Å². The van der Waals surface area contributed by atoms with Crippen LogP contribution in [0.3, 0.4) is 0 Å². The molecule has 12 amide bonds. The number of carbonyl (C=O) groups is 12. The van der Waals surface area contributed by atoms with Gasteiger partial charge < -0.3 is 60.0 Å². The third-order valence-corrected chi connectivity index (χ3v) is 20.8. The number of likely N-dealkylation sites (N-methyl/N-ethyl adjacent to an activating group) is 7. The Morgan fingerprint density at radius 1 is 0.647 bits per heavy atom. The molecule has 0 radical (unpaired) electrons. The zero-order chi connectivity index (χ0) is 75.8. The fourth-order valence-corrected chi connectivity index (χ4v) is 14.1. The Morgan fingerprint density at radius 2 is 1.26 bits per heavy atom. The molecule has 0 unspecified atom stereocenters. The SMILES string of the molecule is CC[C@H](C)[C@@H]1NC(=O)[C@H](C)N(C)C(=O)C[C@@H](C(=O)N(C)C)N(C)C(=O)[C@H](C2CCCC2)N(C)C(=O)C2(CCC2)NC(=O)[C@@H]2CCCN2C(=O)[C@H](CCc2cc(F)c(C(F)(F)F)c(F)c2)NC(=O)CN(C)C(=O)[C@H](Cc2ccc(C(F)(F)F)cc2)N2CC/C=C\C[C@@H](C2=O)N(C)C(=O)CN(C)C1=O. The summed E-state index contributed by atoms with van der Waals surface area (Å²) in [6.07, 6.45) is -5.93. The fourth-order valence-electron chi connectivity index (χ4n) is 14.1. The summed E-state index contributed by atoms with van der Waals surface area (Å²) >= 11 is 0. The van der Waals surface area contributed by atoms with E-state index in [4.69, 9.17) is 0 Å². The summed E-state index contributed by atoms with van der Waals surface area (Å²) in [4.78, 5) is 187. The molecule has 3 aliphatic heterocycles. The van der Waals surface area contributed by atoms with Crippen LogP contribution in [0.5, 0.6) is 0 Å². The summed E-state index contributed by atoms with van der Waals surface area (Å²) in [5, 5.41) is 8.12. The molecule has 0 aromatic heterocycles. The maximum absolute atomic E-state index is 15.3. The molecule has 7 rings (SSSR count). The van der Waals surface area contributed by atoms with Gasteiger partial charge in [0.2, 0.25) is 70.9 Å². The van der Waals surface area contributed by atoms with Gasteiger partial charge in [-0.15, -0.1) is 0 Å². The van der Waals surface area contributed by atoms with Crippen LogP contribution in [-0.4, -0.2) is 251 Å². The van der Waals surface area contributed by atoms with Crippen molar-refractivity contribution in [2.45, 2.75) is 190 Å². The molecule has 5 aliphatic rings. The minimum absolute atomic E-state index is 0.0109. The molecule has 32 heteroatoms. The number of aryl methyl sites for hydroxylation is 1. The minimum Gasteiger partial charge on any atom is -0.347 e. The molecule has 2 aliphatic carbocycles. The van der Waals surface area contributed by atoms with Crippen molar-refractivity contribution in [3.05, 3.63) is 82.4 Å². The summed E-state index contributed by atoms with van der Waals surface area (Å²) in [5.74, 6) is -14.9. The fraction of sp³-hybridized carbons (Fsp3) is 0.629. The molecular formula is C70H94F8N12O12. The smallest absolute Gasteiger partial charge is 0.347 e. The Balaban J connectivity index is 1.31. The number of benzene rings is 2. The van der Waals surface area contributed by atoms with Crippen LogP contribution in [0.1, 0.15) is 133 Å². The molecule has 2 aromatic rings. The average Bonchev–Trinajstić information content (AvgIpc) is 1.12. The Morgan fingerprint density at radius 3 is 1.83 bits per heavy atom. The molecule has 1 spiro atoms. The first-order chi connectivity index (χ1) is 47.7. The van der Waals surface area contributed by atoms with Crippen molar-refractivity contribution in [3.8, 4) is 0 Å². The normalized spacial score (nSPS) is 26.1. The van der Waals surface area contributed by atoms with Gasteiger partial charge in [0.05, 0.1) is 25.1 Å². The maximum Gasteiger partial charge on any atom is 0.422 e. The Bertz CT molecular complexity index is 3490. The highest BCUT2D eigenvalue weighted by Gasteiger charge is 2.53. The number of alkyl halides is 6. The van der Waals surface area contributed by atoms with Crippen LogP contribution in [0, 0.1) is 23.5 Å². The standard InChI is InChI=1S/C70H94F8N12O12/c1-12-40(2)57-65(100)84(7)39-55(93)86(9)50-22-14-13-17-32-90(64(50)99)52(36-42-24-27-45(28-25-42)69(73,74)75)63(98)83(6)38-53(91)79-48(29-26-43-34-46(71)56(47(72)35-43)70(76,77)78)61(96)89-33-18-23-49(89)60(95)81-68(30-19-31-68)67(102)88(11)58(44-20-15-16-21-44)66(101)87(10)51(62(97)82(4)5)37-54(92)85(8)41(3)59(94)80-57/h13-14,24-25,27-28,34-35,40-41,44,48-52,57-58H,12,15-23,26,29-33,36-39H2,1-11H3,(H,79,91)(H,80,94)(H,81,95)/b14-13-/t40-,41-,48-,49-,50-,51-,52-,57-,58-/m0/s1. The van der Waals surface area contributed by atoms with Gasteiger partial charge in [-0.2, -0.15) is 26.3 Å². The third kappa shape index (κ3) is 18.5. The number of hydrogen-bond acceptors (Lipinski definition) is 12. The van der Waals surface area contributed by atoms with Gasteiger partial charge in [-0.3, -0.25) is 57.5 Å². The van der Waals surface area contributed by atoms with Gasteiger partial charge in [0.25, 0.3) is 0 Å². The number of rotatable bonds is 9. The summed E-state index contributed by atoms with van der Waals surface area (Å²) < 4.78 is 113. The van der Waals surface area contributed by atoms with Crippen molar-refractivity contribution in [1.29, 1.82) is 0 Å². The van der Waals surface area contributed by atoms with Gasteiger partial charge in [-0.25, -0.2) is 8.78 Å². The molecule has 9 atom stereocenters. The van der Waals surface area contributed by atoms with Crippen molar-refractivity contribution >= 4 is 70.9 Å². The van der Waals surface area contributed by atoms with Crippen LogP contribution in [0.2, 0.25) is 0 Å². The van der Waals surface area contributed by atoms with E-state index in [0.717, 1.165) is 65.6 Å². The second kappa shape index (κ2) is 33.6. The van der Waals surface area contributed by atoms with Gasteiger partial charge in [0, 0.05) is 75.9 Å². The number of nitrogens with one attached hydrogen (secondary N) is 3. The minimum atomic E-state index is -5.44. The molecule has 562 valence electrons. The van der Waals surface area contributed by atoms with Gasteiger partial charge in [-0.1, -0.05) is 57.4 Å². The zero-order valence-electron chi connectivity index (χ0n) is 59.5. The van der Waals surface area contributed by atoms with Crippen molar-refractivity contribution in [2.24, 2.45) is 11.8 Å². The zero-order valence-corrected chi connectivity index (χ0v) is 59.5. The molecule has 3 heterocycles. The van der Waals surface area contributed by atoms with Crippen molar-refractivity contribution in [2.75, 3.05) is 82.6 Å². The van der Waals surface area contributed by atoms with Gasteiger partial charge >= 0.3 is 12.4 Å². The summed E-state index contributed by atoms with van der Waals surface area (Å²) in [6.45, 7) is 2.81. The van der Waals surface area contributed by atoms with Crippen LogP contribution in [-0.2, 0) is 82.7 Å². The van der Waals surface area contributed by atoms with E-state index in [1.54, 1.807) is 26.0 Å². The second-order valence-corrected chi connectivity index (χ2v) is 27.9. The van der Waals surface area contributed by atoms with Crippen LogP contribution in [0.15, 0.2) is 48.6 Å². The third-order valence-electron chi connectivity index (χ3n) is 20.8. The number of amides is 12. The van der Waals surface area contributed by atoms with Gasteiger partial charge in [-0.05, 0) is 125 Å². The molecule has 24 nitrogen and oxygen atoms in total. The molecule has 102 heavy (non-hydrogen) atoms. The molecule has 2 aromatic carbocycles. The molecule has 3 N–H and O–H groups in total. The lowest BCUT2D eigenvalue weighted by atomic mass is 9.74. The monoisotopic (exact) mass is 1450 g/mol. The van der Waals surface area contributed by atoms with E-state index in [-0.39, 0.29) is 62.7 Å². The van der Waals surface area contributed by atoms with Crippen LogP contribution in [0.4, 0.5) is 35.1 Å². The van der Waals surface area contributed by atoms with E-state index in [0.29, 0.717) is 50.7 Å². The van der Waals surface area contributed by atoms with Gasteiger partial charge in [0.15, 0.2) is 0 Å². The number of fused-ring (bicyclic) bond motifs is 3. The molecule has 2 bridgehead atoms. The summed E-state index contributed by atoms with van der Waals surface area (Å²) in [6, 6.07) is -7.02. The topological polar surface area (TPSA) is 270 Å². The van der Waals surface area contributed by atoms with E-state index in [1.807, 2.05) is 0 Å². The van der Waals surface area contributed by atoms with E-state index >= 15 is 32.8 Å². The molecule has 2 saturated carbocycles. The predicted molar refractivity (Wildman–Crippen MR) is 354 cm³/mol. The predicted octanol–water partition coefficient (Wildman–Crippen LogP) is 4.70. The first-order valence-electron chi connectivity index (χ1n) is 34.4. The van der Waals surface area contributed by atoms with E-state index < -0.39 is 210 Å². The summed E-state index contributed by atoms with van der Waals surface area (Å²) in [5.41, 5.74) is -5.15. The quantitative estimate of drug-likeness (QED) is 0.228. The lowest BCUT2D eigenvalue weighted by Crippen LogP contribution is -2.68. The van der Waals surface area contributed by atoms with Crippen LogP contribution in [0.25, 0.3) is 0 Å². The van der Waals surface area contributed by atoms with Crippen LogP contribution >= 0.6 is 0 Å². The number of halogens is 8. The van der Waals surface area contributed by atoms with E-state index in [9.17, 15) is 59.9 Å². The maximum atomic E-state index is 15.3. The molecule has 2 saturated heterocycles. The van der Waals surface area contributed by atoms with E-state index in [2.05, 4.69) is 16.0 Å². The Hall–Kier alpha value is -8.74. The number of hydrogen-bond donors (Lipinski definition) is 3. The van der Waals surface area contributed by atoms with E-state index in [1.165, 1.54) is 66.1 Å². The second-order valence-electron chi connectivity index (χ2n) is 27.9. The average molecular weight is 1450 g/mol.